The predicted octanol–water partition coefficient (Wildman–Crippen LogP) is 3.10. The monoisotopic (exact) mass is 392 g/mol. The third-order valence-electron chi connectivity index (χ3n) is 4.85. The molecule has 29 heavy (non-hydrogen) atoms. The molecule has 3 aromatic rings. The number of nitrogens with zero attached hydrogens (tertiary/aromatic N) is 1. The van der Waals surface area contributed by atoms with E-state index < -0.39 is 12.1 Å². The first-order valence-corrected chi connectivity index (χ1v) is 9.36. The SMILES string of the molecule is C[C@@H](OC(=O)CN1C(=O)CCOc2ccccc21)C(=O)c1c[nH]c2ccccc12. The van der Waals surface area contributed by atoms with Gasteiger partial charge in [0.2, 0.25) is 11.7 Å². The molecule has 2 aromatic carbocycles. The number of amides is 1. The van der Waals surface area contributed by atoms with E-state index in [2.05, 4.69) is 4.98 Å². The molecule has 0 fully saturated rings. The molecule has 0 saturated heterocycles. The molecule has 1 amide bonds. The predicted molar refractivity (Wildman–Crippen MR) is 107 cm³/mol. The van der Waals surface area contributed by atoms with Crippen LogP contribution in [0.4, 0.5) is 5.69 Å². The summed E-state index contributed by atoms with van der Waals surface area (Å²) in [6.07, 6.45) is 0.796. The van der Waals surface area contributed by atoms with Gasteiger partial charge in [0.15, 0.2) is 6.10 Å². The van der Waals surface area contributed by atoms with E-state index in [0.717, 1.165) is 10.9 Å². The first-order valence-electron chi connectivity index (χ1n) is 9.36. The number of nitrogens with one attached hydrogen (secondary N) is 1. The minimum absolute atomic E-state index is 0.159. The fourth-order valence-electron chi connectivity index (χ4n) is 3.40. The normalized spacial score (nSPS) is 14.7. The van der Waals surface area contributed by atoms with Crippen LogP contribution < -0.4 is 9.64 Å². The van der Waals surface area contributed by atoms with Gasteiger partial charge in [-0.2, -0.15) is 0 Å². The highest BCUT2D eigenvalue weighted by atomic mass is 16.5. The van der Waals surface area contributed by atoms with E-state index in [1.807, 2.05) is 24.3 Å². The maximum atomic E-state index is 12.8. The number of carbonyl (C=O) groups is 3. The molecule has 1 aromatic heterocycles. The van der Waals surface area contributed by atoms with Gasteiger partial charge in [-0.25, -0.2) is 0 Å². The average Bonchev–Trinajstić information content (AvgIpc) is 3.09. The number of rotatable bonds is 5. The maximum absolute atomic E-state index is 12.8. The number of hydrogen-bond donors (Lipinski definition) is 1. The summed E-state index contributed by atoms with van der Waals surface area (Å²) in [6, 6.07) is 14.4. The van der Waals surface area contributed by atoms with Crippen molar-refractivity contribution in [2.24, 2.45) is 0 Å². The molecule has 0 spiro atoms. The van der Waals surface area contributed by atoms with Gasteiger partial charge < -0.3 is 14.5 Å². The summed E-state index contributed by atoms with van der Waals surface area (Å²) in [5, 5.41) is 0.772. The maximum Gasteiger partial charge on any atom is 0.326 e. The van der Waals surface area contributed by atoms with Crippen molar-refractivity contribution in [2.45, 2.75) is 19.4 Å². The zero-order valence-corrected chi connectivity index (χ0v) is 15.9. The van der Waals surface area contributed by atoms with Crippen LogP contribution in [0.2, 0.25) is 0 Å². The summed E-state index contributed by atoms with van der Waals surface area (Å²) in [6.45, 7) is 1.49. The highest BCUT2D eigenvalue weighted by molar-refractivity contribution is 6.10. The molecule has 1 atom stereocenters. The summed E-state index contributed by atoms with van der Waals surface area (Å²) in [7, 11) is 0. The van der Waals surface area contributed by atoms with Gasteiger partial charge in [-0.05, 0) is 25.1 Å². The van der Waals surface area contributed by atoms with Crippen LogP contribution in [0.1, 0.15) is 23.7 Å². The standard InChI is InChI=1S/C22H20N2O5/c1-14(22(27)16-12-23-17-7-3-2-6-15(16)17)29-21(26)13-24-18-8-4-5-9-19(18)28-11-10-20(24)25/h2-9,12,14,23H,10-11,13H2,1H3/t14-/m1/s1. The number of benzene rings is 2. The van der Waals surface area contributed by atoms with E-state index >= 15 is 0 Å². The van der Waals surface area contributed by atoms with E-state index in [-0.39, 0.29) is 31.3 Å². The topological polar surface area (TPSA) is 88.7 Å². The Morgan fingerprint density at radius 2 is 1.93 bits per heavy atom. The molecule has 0 saturated carbocycles. The van der Waals surface area contributed by atoms with Gasteiger partial charge in [0.25, 0.3) is 0 Å². The number of para-hydroxylation sites is 3. The number of hydrogen-bond acceptors (Lipinski definition) is 5. The van der Waals surface area contributed by atoms with Crippen LogP contribution in [0.3, 0.4) is 0 Å². The van der Waals surface area contributed by atoms with Crippen LogP contribution in [0.5, 0.6) is 5.75 Å². The highest BCUT2D eigenvalue weighted by Crippen LogP contribution is 2.31. The zero-order chi connectivity index (χ0) is 20.4. The van der Waals surface area contributed by atoms with Gasteiger partial charge in [0.1, 0.15) is 12.3 Å². The molecule has 0 aliphatic carbocycles. The molecule has 7 heteroatoms. The number of ketones is 1. The van der Waals surface area contributed by atoms with Crippen molar-refractivity contribution in [1.82, 2.24) is 4.98 Å². The number of aromatic nitrogens is 1. The minimum atomic E-state index is -0.977. The molecular weight excluding hydrogens is 372 g/mol. The molecule has 0 radical (unpaired) electrons. The fraction of sp³-hybridized carbons (Fsp3) is 0.227. The van der Waals surface area contributed by atoms with Crippen LogP contribution in [0.25, 0.3) is 10.9 Å². The summed E-state index contributed by atoms with van der Waals surface area (Å²) in [5.41, 5.74) is 1.81. The van der Waals surface area contributed by atoms with Crippen molar-refractivity contribution < 1.29 is 23.9 Å². The Hall–Kier alpha value is -3.61. The second-order valence-electron chi connectivity index (χ2n) is 6.79. The number of ether oxygens (including phenoxy) is 2. The van der Waals surface area contributed by atoms with Gasteiger partial charge >= 0.3 is 5.97 Å². The van der Waals surface area contributed by atoms with Gasteiger partial charge in [0.05, 0.1) is 18.7 Å². The number of anilines is 1. The van der Waals surface area contributed by atoms with Crippen LogP contribution in [0.15, 0.2) is 54.7 Å². The Morgan fingerprint density at radius 3 is 2.79 bits per heavy atom. The van der Waals surface area contributed by atoms with Gasteiger partial charge in [0, 0.05) is 22.7 Å². The van der Waals surface area contributed by atoms with Gasteiger partial charge in [-0.3, -0.25) is 19.3 Å². The van der Waals surface area contributed by atoms with Crippen LogP contribution in [-0.4, -0.2) is 41.9 Å². The van der Waals surface area contributed by atoms with E-state index in [1.54, 1.807) is 30.5 Å². The summed E-state index contributed by atoms with van der Waals surface area (Å²) in [5.74, 6) is -0.658. The number of aromatic amines is 1. The Morgan fingerprint density at radius 1 is 1.17 bits per heavy atom. The fourth-order valence-corrected chi connectivity index (χ4v) is 3.40. The zero-order valence-electron chi connectivity index (χ0n) is 15.9. The lowest BCUT2D eigenvalue weighted by Crippen LogP contribution is -2.38. The minimum Gasteiger partial charge on any atom is -0.491 e. The second kappa shape index (κ2) is 7.79. The van der Waals surface area contributed by atoms with Gasteiger partial charge in [-0.15, -0.1) is 0 Å². The van der Waals surface area contributed by atoms with Crippen molar-refractivity contribution >= 4 is 34.3 Å². The van der Waals surface area contributed by atoms with Gasteiger partial charge in [-0.1, -0.05) is 30.3 Å². The summed E-state index contributed by atoms with van der Waals surface area (Å²) >= 11 is 0. The highest BCUT2D eigenvalue weighted by Gasteiger charge is 2.28. The molecule has 1 N–H and O–H groups in total. The van der Waals surface area contributed by atoms with Crippen molar-refractivity contribution in [1.29, 1.82) is 0 Å². The Bertz CT molecular complexity index is 1090. The van der Waals surface area contributed by atoms with E-state index in [9.17, 15) is 14.4 Å². The molecule has 148 valence electrons. The molecular formula is C22H20N2O5. The summed E-state index contributed by atoms with van der Waals surface area (Å²) < 4.78 is 10.9. The van der Waals surface area contributed by atoms with E-state index in [1.165, 1.54) is 11.8 Å². The van der Waals surface area contributed by atoms with E-state index in [0.29, 0.717) is 17.0 Å². The second-order valence-corrected chi connectivity index (χ2v) is 6.79. The number of carbonyl (C=O) groups excluding carboxylic acids is 3. The van der Waals surface area contributed by atoms with Crippen molar-refractivity contribution in [3.05, 3.63) is 60.3 Å². The molecule has 1 aliphatic rings. The molecule has 0 unspecified atom stereocenters. The lowest BCUT2D eigenvalue weighted by Gasteiger charge is -2.21. The Labute approximate surface area is 167 Å². The average molecular weight is 392 g/mol. The lowest BCUT2D eigenvalue weighted by atomic mass is 10.1. The lowest BCUT2D eigenvalue weighted by molar-refractivity contribution is -0.145. The van der Waals surface area contributed by atoms with Crippen LogP contribution in [0, 0.1) is 0 Å². The number of H-pyrrole nitrogens is 1. The first-order chi connectivity index (χ1) is 14.0. The molecule has 2 heterocycles. The Kier molecular flexibility index (Phi) is 5.03. The molecule has 1 aliphatic heterocycles. The van der Waals surface area contributed by atoms with Crippen molar-refractivity contribution in [3.63, 3.8) is 0 Å². The Balaban J connectivity index is 1.48. The van der Waals surface area contributed by atoms with Crippen molar-refractivity contribution in [3.8, 4) is 5.75 Å². The first kappa shape index (κ1) is 18.7. The van der Waals surface area contributed by atoms with Crippen LogP contribution in [-0.2, 0) is 14.3 Å². The largest absolute Gasteiger partial charge is 0.491 e. The quantitative estimate of drug-likeness (QED) is 0.532. The summed E-state index contributed by atoms with van der Waals surface area (Å²) in [4.78, 5) is 42.1. The third-order valence-corrected chi connectivity index (χ3v) is 4.85. The van der Waals surface area contributed by atoms with Crippen molar-refractivity contribution in [2.75, 3.05) is 18.1 Å². The number of esters is 1. The molecule has 7 nitrogen and oxygen atoms in total. The van der Waals surface area contributed by atoms with Crippen LogP contribution >= 0.6 is 0 Å². The molecule has 4 rings (SSSR count). The molecule has 0 bridgehead atoms. The van der Waals surface area contributed by atoms with E-state index in [4.69, 9.17) is 9.47 Å². The third kappa shape index (κ3) is 3.71. The smallest absolute Gasteiger partial charge is 0.326 e. The number of fused-ring (bicyclic) bond motifs is 2. The number of Topliss-reactive ketones (excluding diaryl/α,β-unsaturated/α-hetero) is 1.